The second-order valence-electron chi connectivity index (χ2n) is 6.63. The standard InChI is InChI=1S/C20H24N4OS2/c1-5-17-10-15(11-26-17)19-22-23-20(24(19)13(2)3)27-12-18(25)21-16-8-6-14(4)7-9-16/h6-11,13H,5,12H2,1-4H3,(H,21,25). The van der Waals surface area contributed by atoms with Gasteiger partial charge < -0.3 is 5.32 Å². The van der Waals surface area contributed by atoms with Crippen LogP contribution in [0.3, 0.4) is 0 Å². The molecule has 3 aromatic rings. The summed E-state index contributed by atoms with van der Waals surface area (Å²) in [5.41, 5.74) is 3.07. The lowest BCUT2D eigenvalue weighted by atomic mass is 10.2. The summed E-state index contributed by atoms with van der Waals surface area (Å²) in [5, 5.41) is 14.5. The second-order valence-corrected chi connectivity index (χ2v) is 8.57. The van der Waals surface area contributed by atoms with Crippen LogP contribution >= 0.6 is 23.1 Å². The molecule has 27 heavy (non-hydrogen) atoms. The third kappa shape index (κ3) is 4.78. The van der Waals surface area contributed by atoms with E-state index >= 15 is 0 Å². The maximum absolute atomic E-state index is 12.3. The maximum atomic E-state index is 12.3. The quantitative estimate of drug-likeness (QED) is 0.555. The molecule has 0 bridgehead atoms. The van der Waals surface area contributed by atoms with Crippen molar-refractivity contribution in [3.63, 3.8) is 0 Å². The molecule has 0 fully saturated rings. The van der Waals surface area contributed by atoms with E-state index in [0.717, 1.165) is 28.7 Å². The van der Waals surface area contributed by atoms with E-state index in [0.29, 0.717) is 5.75 Å². The highest BCUT2D eigenvalue weighted by Gasteiger charge is 2.18. The molecule has 5 nitrogen and oxygen atoms in total. The van der Waals surface area contributed by atoms with Crippen LogP contribution in [0, 0.1) is 6.92 Å². The van der Waals surface area contributed by atoms with E-state index in [2.05, 4.69) is 52.3 Å². The van der Waals surface area contributed by atoms with Crippen molar-refractivity contribution in [2.24, 2.45) is 0 Å². The zero-order valence-electron chi connectivity index (χ0n) is 16.0. The number of amides is 1. The summed E-state index contributed by atoms with van der Waals surface area (Å²) in [6.07, 6.45) is 1.02. The van der Waals surface area contributed by atoms with E-state index in [1.54, 1.807) is 11.3 Å². The number of nitrogens with one attached hydrogen (secondary N) is 1. The first-order valence-electron chi connectivity index (χ1n) is 9.00. The van der Waals surface area contributed by atoms with Crippen molar-refractivity contribution in [1.29, 1.82) is 0 Å². The van der Waals surface area contributed by atoms with Crippen molar-refractivity contribution in [3.8, 4) is 11.4 Å². The van der Waals surface area contributed by atoms with E-state index in [1.165, 1.54) is 22.2 Å². The van der Waals surface area contributed by atoms with E-state index in [-0.39, 0.29) is 11.9 Å². The number of anilines is 1. The van der Waals surface area contributed by atoms with Gasteiger partial charge in [-0.2, -0.15) is 0 Å². The Hall–Kier alpha value is -2.12. The van der Waals surface area contributed by atoms with Crippen molar-refractivity contribution in [2.45, 2.75) is 45.3 Å². The summed E-state index contributed by atoms with van der Waals surface area (Å²) >= 11 is 3.16. The van der Waals surface area contributed by atoms with Gasteiger partial charge >= 0.3 is 0 Å². The Morgan fingerprint density at radius 2 is 2.00 bits per heavy atom. The molecule has 2 aromatic heterocycles. The Kier molecular flexibility index (Phi) is 6.34. The summed E-state index contributed by atoms with van der Waals surface area (Å²) in [5.74, 6) is 1.11. The zero-order valence-corrected chi connectivity index (χ0v) is 17.7. The summed E-state index contributed by atoms with van der Waals surface area (Å²) in [6, 6.07) is 10.2. The number of hydrogen-bond donors (Lipinski definition) is 1. The number of aromatic nitrogens is 3. The molecule has 1 N–H and O–H groups in total. The number of carbonyl (C=O) groups is 1. The van der Waals surface area contributed by atoms with E-state index in [9.17, 15) is 4.79 Å². The first-order valence-corrected chi connectivity index (χ1v) is 10.9. The highest BCUT2D eigenvalue weighted by Crippen LogP contribution is 2.30. The number of benzene rings is 1. The lowest BCUT2D eigenvalue weighted by molar-refractivity contribution is -0.113. The minimum atomic E-state index is -0.0486. The maximum Gasteiger partial charge on any atom is 0.234 e. The summed E-state index contributed by atoms with van der Waals surface area (Å²) in [4.78, 5) is 13.6. The molecule has 0 aliphatic heterocycles. The lowest BCUT2D eigenvalue weighted by Gasteiger charge is -2.13. The fourth-order valence-electron chi connectivity index (χ4n) is 2.69. The monoisotopic (exact) mass is 400 g/mol. The number of thiophene rings is 1. The SMILES string of the molecule is CCc1cc(-c2nnc(SCC(=O)Nc3ccc(C)cc3)n2C(C)C)cs1. The Morgan fingerprint density at radius 1 is 1.26 bits per heavy atom. The molecule has 2 heterocycles. The fraction of sp³-hybridized carbons (Fsp3) is 0.350. The highest BCUT2D eigenvalue weighted by atomic mass is 32.2. The van der Waals surface area contributed by atoms with Gasteiger partial charge in [-0.05, 0) is 45.4 Å². The molecule has 0 radical (unpaired) electrons. The fourth-order valence-corrected chi connectivity index (χ4v) is 4.37. The normalized spacial score (nSPS) is 11.1. The Bertz CT molecular complexity index is 912. The minimum absolute atomic E-state index is 0.0486. The number of nitrogens with zero attached hydrogens (tertiary/aromatic N) is 3. The van der Waals surface area contributed by atoms with Crippen molar-refractivity contribution < 1.29 is 4.79 Å². The van der Waals surface area contributed by atoms with Crippen LogP contribution in [-0.4, -0.2) is 26.4 Å². The van der Waals surface area contributed by atoms with Crippen molar-refractivity contribution >= 4 is 34.7 Å². The number of carbonyl (C=O) groups excluding carboxylic acids is 1. The third-order valence-electron chi connectivity index (χ3n) is 4.11. The molecular formula is C20H24N4OS2. The molecule has 7 heteroatoms. The molecular weight excluding hydrogens is 376 g/mol. The van der Waals surface area contributed by atoms with Crippen molar-refractivity contribution in [1.82, 2.24) is 14.8 Å². The number of hydrogen-bond acceptors (Lipinski definition) is 5. The Labute approximate surface area is 168 Å². The predicted octanol–water partition coefficient (Wildman–Crippen LogP) is 5.19. The first-order chi connectivity index (χ1) is 13.0. The van der Waals surface area contributed by atoms with Crippen LogP contribution in [0.25, 0.3) is 11.4 Å². The van der Waals surface area contributed by atoms with Crippen LogP contribution in [-0.2, 0) is 11.2 Å². The molecule has 0 saturated heterocycles. The number of rotatable bonds is 7. The molecule has 3 rings (SSSR count). The molecule has 0 aliphatic carbocycles. The smallest absolute Gasteiger partial charge is 0.234 e. The Balaban J connectivity index is 1.71. The predicted molar refractivity (Wildman–Crippen MR) is 114 cm³/mol. The molecule has 1 aromatic carbocycles. The van der Waals surface area contributed by atoms with Gasteiger partial charge in [-0.3, -0.25) is 9.36 Å². The van der Waals surface area contributed by atoms with E-state index in [4.69, 9.17) is 0 Å². The minimum Gasteiger partial charge on any atom is -0.325 e. The highest BCUT2D eigenvalue weighted by molar-refractivity contribution is 7.99. The van der Waals surface area contributed by atoms with Crippen LogP contribution in [0.2, 0.25) is 0 Å². The second kappa shape index (κ2) is 8.71. The summed E-state index contributed by atoms with van der Waals surface area (Å²) < 4.78 is 2.10. The van der Waals surface area contributed by atoms with Gasteiger partial charge in [-0.25, -0.2) is 0 Å². The molecule has 0 atom stereocenters. The van der Waals surface area contributed by atoms with E-state index < -0.39 is 0 Å². The van der Waals surface area contributed by atoms with Crippen LogP contribution < -0.4 is 5.32 Å². The van der Waals surface area contributed by atoms with Crippen LogP contribution in [0.1, 0.15) is 37.3 Å². The molecule has 1 amide bonds. The van der Waals surface area contributed by atoms with Gasteiger partial charge in [0.15, 0.2) is 11.0 Å². The topological polar surface area (TPSA) is 59.8 Å². The molecule has 0 saturated carbocycles. The lowest BCUT2D eigenvalue weighted by Crippen LogP contribution is -2.15. The molecule has 0 spiro atoms. The molecule has 0 unspecified atom stereocenters. The number of aryl methyl sites for hydroxylation is 2. The van der Waals surface area contributed by atoms with Gasteiger partial charge in [-0.15, -0.1) is 21.5 Å². The van der Waals surface area contributed by atoms with Gasteiger partial charge in [-0.1, -0.05) is 36.4 Å². The average molecular weight is 401 g/mol. The largest absolute Gasteiger partial charge is 0.325 e. The summed E-state index contributed by atoms with van der Waals surface area (Å²) in [7, 11) is 0. The number of thioether (sulfide) groups is 1. The molecule has 0 aliphatic rings. The van der Waals surface area contributed by atoms with E-state index in [1.807, 2.05) is 31.2 Å². The van der Waals surface area contributed by atoms with Crippen LogP contribution in [0.5, 0.6) is 0 Å². The van der Waals surface area contributed by atoms with Crippen molar-refractivity contribution in [2.75, 3.05) is 11.1 Å². The zero-order chi connectivity index (χ0) is 19.4. The van der Waals surface area contributed by atoms with Crippen LogP contribution in [0.4, 0.5) is 5.69 Å². The Morgan fingerprint density at radius 3 is 2.63 bits per heavy atom. The average Bonchev–Trinajstić information content (AvgIpc) is 3.28. The van der Waals surface area contributed by atoms with Gasteiger partial charge in [0, 0.05) is 27.5 Å². The molecule has 142 valence electrons. The van der Waals surface area contributed by atoms with Gasteiger partial charge in [0.05, 0.1) is 5.75 Å². The van der Waals surface area contributed by atoms with Crippen molar-refractivity contribution in [3.05, 3.63) is 46.2 Å². The third-order valence-corrected chi connectivity index (χ3v) is 6.13. The first kappa shape index (κ1) is 19.6. The van der Waals surface area contributed by atoms with Crippen LogP contribution in [0.15, 0.2) is 40.9 Å². The van der Waals surface area contributed by atoms with Gasteiger partial charge in [0.1, 0.15) is 0 Å². The van der Waals surface area contributed by atoms with Gasteiger partial charge in [0.2, 0.25) is 5.91 Å². The summed E-state index contributed by atoms with van der Waals surface area (Å²) in [6.45, 7) is 8.39. The van der Waals surface area contributed by atoms with Gasteiger partial charge in [0.25, 0.3) is 0 Å².